The van der Waals surface area contributed by atoms with Crippen LogP contribution in [0.5, 0.6) is 0 Å². The summed E-state index contributed by atoms with van der Waals surface area (Å²) in [6, 6.07) is 12.2. The lowest BCUT2D eigenvalue weighted by Gasteiger charge is -2.11. The van der Waals surface area contributed by atoms with Crippen LogP contribution < -0.4 is 0 Å². The highest BCUT2D eigenvalue weighted by atomic mass is 16.1. The smallest absolute Gasteiger partial charge is 0.163 e. The van der Waals surface area contributed by atoms with E-state index in [2.05, 4.69) is 37.9 Å². The molecule has 1 atom stereocenters. The average molecular weight is 380 g/mol. The van der Waals surface area contributed by atoms with Crippen LogP contribution >= 0.6 is 0 Å². The molecule has 2 aromatic rings. The van der Waals surface area contributed by atoms with E-state index >= 15 is 0 Å². The van der Waals surface area contributed by atoms with Crippen molar-refractivity contribution < 1.29 is 4.79 Å². The molecule has 152 valence electrons. The number of hydrogen-bond acceptors (Lipinski definition) is 2. The van der Waals surface area contributed by atoms with Crippen LogP contribution in [-0.2, 0) is 6.42 Å². The highest BCUT2D eigenvalue weighted by molar-refractivity contribution is 6.01. The lowest BCUT2D eigenvalue weighted by molar-refractivity contribution is 0.0979. The number of nitrogens with zero attached hydrogens (tertiary/aromatic N) is 1. The van der Waals surface area contributed by atoms with Gasteiger partial charge in [-0.2, -0.15) is 0 Å². The Morgan fingerprint density at radius 3 is 2.61 bits per heavy atom. The zero-order chi connectivity index (χ0) is 20.2. The summed E-state index contributed by atoms with van der Waals surface area (Å²) in [5, 5.41) is 0. The quantitative estimate of drug-likeness (QED) is 0.264. The molecule has 1 aromatic heterocycles. The van der Waals surface area contributed by atoms with Gasteiger partial charge in [0, 0.05) is 23.7 Å². The first-order valence-electron chi connectivity index (χ1n) is 11.2. The van der Waals surface area contributed by atoms with E-state index in [0.717, 1.165) is 42.0 Å². The molecule has 1 aromatic carbocycles. The van der Waals surface area contributed by atoms with Crippen molar-refractivity contribution in [1.82, 2.24) is 4.98 Å². The Morgan fingerprint density at radius 2 is 1.82 bits per heavy atom. The highest BCUT2D eigenvalue weighted by Gasteiger charge is 2.13. The number of unbranched alkanes of at least 4 members (excludes halogenated alkanes) is 4. The lowest BCUT2D eigenvalue weighted by atomic mass is 9.95. The maximum Gasteiger partial charge on any atom is 0.163 e. The molecular weight excluding hydrogens is 342 g/mol. The van der Waals surface area contributed by atoms with Gasteiger partial charge in [-0.1, -0.05) is 83.6 Å². The second-order valence-electron chi connectivity index (χ2n) is 8.09. The molecule has 2 nitrogen and oxygen atoms in total. The summed E-state index contributed by atoms with van der Waals surface area (Å²) >= 11 is 0. The van der Waals surface area contributed by atoms with Crippen LogP contribution in [0, 0.1) is 5.92 Å². The molecule has 0 aliphatic heterocycles. The van der Waals surface area contributed by atoms with Crippen LogP contribution in [0.15, 0.2) is 42.6 Å². The Balaban J connectivity index is 2.03. The first-order chi connectivity index (χ1) is 13.7. The number of Topliss-reactive ketones (excluding diaryl/α,β-unsaturated/α-hetero) is 1. The second kappa shape index (κ2) is 12.5. The number of rotatable bonds is 13. The van der Waals surface area contributed by atoms with E-state index in [4.69, 9.17) is 0 Å². The van der Waals surface area contributed by atoms with Crippen molar-refractivity contribution in [3.63, 3.8) is 0 Å². The van der Waals surface area contributed by atoms with Crippen molar-refractivity contribution in [3.8, 4) is 11.3 Å². The maximum absolute atomic E-state index is 12.9. The molecule has 1 heterocycles. The topological polar surface area (TPSA) is 30.0 Å². The maximum atomic E-state index is 12.9. The molecule has 0 N–H and O–H groups in total. The van der Waals surface area contributed by atoms with E-state index < -0.39 is 0 Å². The molecule has 0 fully saturated rings. The van der Waals surface area contributed by atoms with Gasteiger partial charge in [0.05, 0.1) is 5.69 Å². The normalized spacial score (nSPS) is 12.1. The van der Waals surface area contributed by atoms with Crippen LogP contribution in [0.1, 0.15) is 94.5 Å². The summed E-state index contributed by atoms with van der Waals surface area (Å²) in [5.74, 6) is 1.00. The van der Waals surface area contributed by atoms with Gasteiger partial charge in [0.15, 0.2) is 5.78 Å². The Labute approximate surface area is 171 Å². The van der Waals surface area contributed by atoms with Crippen LogP contribution in [0.25, 0.3) is 11.3 Å². The lowest BCUT2D eigenvalue weighted by Crippen LogP contribution is -2.03. The monoisotopic (exact) mass is 379 g/mol. The Bertz CT molecular complexity index is 722. The summed E-state index contributed by atoms with van der Waals surface area (Å²) < 4.78 is 0. The zero-order valence-electron chi connectivity index (χ0n) is 18.0. The average Bonchev–Trinajstić information content (AvgIpc) is 2.74. The molecule has 0 radical (unpaired) electrons. The molecule has 0 saturated carbocycles. The molecule has 0 saturated heterocycles. The molecule has 0 spiro atoms. The molecule has 1 unspecified atom stereocenters. The van der Waals surface area contributed by atoms with E-state index in [1.54, 1.807) is 0 Å². The summed E-state index contributed by atoms with van der Waals surface area (Å²) in [4.78, 5) is 17.4. The number of hydrogen-bond donors (Lipinski definition) is 0. The minimum Gasteiger partial charge on any atom is -0.294 e. The summed E-state index contributed by atoms with van der Waals surface area (Å²) in [5.41, 5.74) is 4.04. The van der Waals surface area contributed by atoms with Crippen LogP contribution in [0.2, 0.25) is 0 Å². The Kier molecular flexibility index (Phi) is 9.96. The number of aryl methyl sites for hydroxylation is 1. The minimum atomic E-state index is 0.245. The van der Waals surface area contributed by atoms with Gasteiger partial charge in [0.25, 0.3) is 0 Å². The van der Waals surface area contributed by atoms with Gasteiger partial charge in [-0.25, -0.2) is 0 Å². The van der Waals surface area contributed by atoms with Crippen molar-refractivity contribution in [2.45, 2.75) is 85.0 Å². The van der Waals surface area contributed by atoms with Gasteiger partial charge in [0.1, 0.15) is 0 Å². The number of pyridine rings is 1. The third-order valence-electron chi connectivity index (χ3n) is 5.69. The number of aromatic nitrogens is 1. The molecule has 0 bridgehead atoms. The molecule has 0 amide bonds. The van der Waals surface area contributed by atoms with Gasteiger partial charge >= 0.3 is 0 Å². The number of benzene rings is 1. The van der Waals surface area contributed by atoms with Gasteiger partial charge in [0.2, 0.25) is 0 Å². The van der Waals surface area contributed by atoms with E-state index in [1.165, 1.54) is 44.1 Å². The fourth-order valence-corrected chi connectivity index (χ4v) is 3.60. The van der Waals surface area contributed by atoms with Crippen LogP contribution in [-0.4, -0.2) is 10.8 Å². The van der Waals surface area contributed by atoms with E-state index in [9.17, 15) is 4.79 Å². The molecule has 0 aliphatic carbocycles. The third-order valence-corrected chi connectivity index (χ3v) is 5.69. The van der Waals surface area contributed by atoms with Crippen molar-refractivity contribution in [1.29, 1.82) is 0 Å². The number of ketones is 1. The molecule has 0 aliphatic rings. The van der Waals surface area contributed by atoms with Gasteiger partial charge in [-0.3, -0.25) is 9.78 Å². The van der Waals surface area contributed by atoms with Crippen molar-refractivity contribution >= 4 is 5.78 Å². The van der Waals surface area contributed by atoms with Gasteiger partial charge in [-0.15, -0.1) is 0 Å². The third kappa shape index (κ3) is 7.22. The van der Waals surface area contributed by atoms with Crippen molar-refractivity contribution in [2.24, 2.45) is 5.92 Å². The fraction of sp³-hybridized carbons (Fsp3) is 0.538. The predicted molar refractivity (Wildman–Crippen MR) is 120 cm³/mol. The van der Waals surface area contributed by atoms with Gasteiger partial charge in [-0.05, 0) is 42.9 Å². The van der Waals surface area contributed by atoms with E-state index in [1.807, 2.05) is 30.5 Å². The minimum absolute atomic E-state index is 0.245. The zero-order valence-corrected chi connectivity index (χ0v) is 18.0. The Morgan fingerprint density at radius 1 is 1.00 bits per heavy atom. The van der Waals surface area contributed by atoms with Crippen molar-refractivity contribution in [3.05, 3.63) is 53.7 Å². The standard InChI is InChI=1S/C26H37NO/c1-4-6-7-8-14-22-18-19-27-25(20-22)23-15-10-11-16-24(23)26(28)17-12-9-13-21(3)5-2/h10-11,15-16,18-21H,4-9,12-14,17H2,1-3H3. The van der Waals surface area contributed by atoms with Crippen molar-refractivity contribution in [2.75, 3.05) is 0 Å². The largest absolute Gasteiger partial charge is 0.294 e. The molecular formula is C26H37NO. The van der Waals surface area contributed by atoms with Gasteiger partial charge < -0.3 is 0 Å². The SMILES string of the molecule is CCCCCCc1ccnc(-c2ccccc2C(=O)CCCCC(C)CC)c1. The highest BCUT2D eigenvalue weighted by Crippen LogP contribution is 2.25. The van der Waals surface area contributed by atoms with E-state index in [-0.39, 0.29) is 5.78 Å². The number of carbonyl (C=O) groups excluding carboxylic acids is 1. The summed E-state index contributed by atoms with van der Waals surface area (Å²) in [7, 11) is 0. The number of carbonyl (C=O) groups is 1. The summed E-state index contributed by atoms with van der Waals surface area (Å²) in [6.45, 7) is 6.76. The first-order valence-corrected chi connectivity index (χ1v) is 11.2. The molecule has 2 rings (SSSR count). The molecule has 2 heteroatoms. The Hall–Kier alpha value is -1.96. The first kappa shape index (κ1) is 22.3. The predicted octanol–water partition coefficient (Wildman–Crippen LogP) is 7.66. The van der Waals surface area contributed by atoms with Crippen LogP contribution in [0.4, 0.5) is 0 Å². The fourth-order valence-electron chi connectivity index (χ4n) is 3.60. The van der Waals surface area contributed by atoms with Crippen LogP contribution in [0.3, 0.4) is 0 Å². The molecule has 28 heavy (non-hydrogen) atoms. The summed E-state index contributed by atoms with van der Waals surface area (Å²) in [6.07, 6.45) is 13.2. The van der Waals surface area contributed by atoms with E-state index in [0.29, 0.717) is 6.42 Å². The second-order valence-corrected chi connectivity index (χ2v) is 8.09.